The molecule has 0 saturated heterocycles. The van der Waals surface area contributed by atoms with E-state index in [0.717, 1.165) is 18.4 Å². The van der Waals surface area contributed by atoms with Gasteiger partial charge in [-0.1, -0.05) is 32.9 Å². The number of nitrogens with two attached hydrogens (primary N) is 1. The second kappa shape index (κ2) is 5.65. The Kier molecular flexibility index (Phi) is 4.71. The van der Waals surface area contributed by atoms with Crippen molar-refractivity contribution in [2.75, 3.05) is 0 Å². The molecule has 1 rings (SSSR count). The molecule has 1 aromatic rings. The van der Waals surface area contributed by atoms with Gasteiger partial charge in [0.2, 0.25) is 10.0 Å². The monoisotopic (exact) mass is 255 g/mol. The van der Waals surface area contributed by atoms with Crippen molar-refractivity contribution < 1.29 is 8.42 Å². The third-order valence-corrected chi connectivity index (χ3v) is 4.21. The molecule has 0 saturated carbocycles. The number of hydrogen-bond acceptors (Lipinski definition) is 2. The molecule has 0 aliphatic heterocycles. The summed E-state index contributed by atoms with van der Waals surface area (Å²) in [4.78, 5) is 0.179. The van der Waals surface area contributed by atoms with Gasteiger partial charge in [0.05, 0.1) is 4.90 Å². The Morgan fingerprint density at radius 3 is 2.06 bits per heavy atom. The molecule has 1 atom stereocenters. The van der Waals surface area contributed by atoms with Crippen LogP contribution in [-0.4, -0.2) is 8.42 Å². The zero-order valence-electron chi connectivity index (χ0n) is 10.7. The van der Waals surface area contributed by atoms with Gasteiger partial charge in [-0.15, -0.1) is 0 Å². The highest BCUT2D eigenvalue weighted by Crippen LogP contribution is 2.18. The maximum Gasteiger partial charge on any atom is 0.238 e. The van der Waals surface area contributed by atoms with Crippen LogP contribution in [-0.2, 0) is 16.4 Å². The Balaban J connectivity index is 2.64. The van der Waals surface area contributed by atoms with E-state index in [0.29, 0.717) is 11.8 Å². The van der Waals surface area contributed by atoms with Crippen molar-refractivity contribution in [2.24, 2.45) is 17.0 Å². The van der Waals surface area contributed by atoms with E-state index in [2.05, 4.69) is 20.8 Å². The van der Waals surface area contributed by atoms with Crippen molar-refractivity contribution in [3.05, 3.63) is 29.8 Å². The number of aryl methyl sites for hydroxylation is 1. The lowest BCUT2D eigenvalue weighted by atomic mass is 9.91. The van der Waals surface area contributed by atoms with E-state index in [1.165, 1.54) is 0 Å². The molecule has 1 aromatic carbocycles. The molecule has 0 aliphatic carbocycles. The minimum Gasteiger partial charge on any atom is -0.225 e. The van der Waals surface area contributed by atoms with Crippen molar-refractivity contribution >= 4 is 10.0 Å². The summed E-state index contributed by atoms with van der Waals surface area (Å²) < 4.78 is 22.2. The molecule has 17 heavy (non-hydrogen) atoms. The molecular formula is C13H21NO2S. The maximum absolute atomic E-state index is 11.1. The lowest BCUT2D eigenvalue weighted by Gasteiger charge is -2.15. The topological polar surface area (TPSA) is 60.2 Å². The van der Waals surface area contributed by atoms with Gasteiger partial charge in [0.1, 0.15) is 0 Å². The van der Waals surface area contributed by atoms with Gasteiger partial charge in [-0.05, 0) is 42.4 Å². The number of primary sulfonamides is 1. The fourth-order valence-corrected chi connectivity index (χ4v) is 2.09. The molecule has 1 unspecified atom stereocenters. The van der Waals surface area contributed by atoms with Gasteiger partial charge in [-0.2, -0.15) is 0 Å². The van der Waals surface area contributed by atoms with Crippen LogP contribution >= 0.6 is 0 Å². The lowest BCUT2D eigenvalue weighted by Crippen LogP contribution is -2.12. The van der Waals surface area contributed by atoms with Crippen molar-refractivity contribution in [1.82, 2.24) is 0 Å². The quantitative estimate of drug-likeness (QED) is 0.879. The fraction of sp³-hybridized carbons (Fsp3) is 0.538. The summed E-state index contributed by atoms with van der Waals surface area (Å²) in [6, 6.07) is 6.83. The molecule has 0 radical (unpaired) electrons. The van der Waals surface area contributed by atoms with E-state index in [9.17, 15) is 8.42 Å². The number of benzene rings is 1. The summed E-state index contributed by atoms with van der Waals surface area (Å²) in [5, 5.41) is 5.04. The molecule has 0 bridgehead atoms. The summed E-state index contributed by atoms with van der Waals surface area (Å²) >= 11 is 0. The molecule has 3 nitrogen and oxygen atoms in total. The van der Waals surface area contributed by atoms with Crippen LogP contribution in [0.4, 0.5) is 0 Å². The Hall–Kier alpha value is -0.870. The maximum atomic E-state index is 11.1. The van der Waals surface area contributed by atoms with Crippen LogP contribution in [0.25, 0.3) is 0 Å². The van der Waals surface area contributed by atoms with Crippen molar-refractivity contribution in [1.29, 1.82) is 0 Å². The highest BCUT2D eigenvalue weighted by Gasteiger charge is 2.09. The smallest absolute Gasteiger partial charge is 0.225 e. The molecule has 4 heteroatoms. The van der Waals surface area contributed by atoms with Gasteiger partial charge in [-0.25, -0.2) is 13.6 Å². The highest BCUT2D eigenvalue weighted by molar-refractivity contribution is 7.89. The predicted octanol–water partition coefficient (Wildman–Crippen LogP) is 2.56. The van der Waals surface area contributed by atoms with Gasteiger partial charge in [-0.3, -0.25) is 0 Å². The van der Waals surface area contributed by atoms with Crippen LogP contribution < -0.4 is 5.14 Å². The Morgan fingerprint density at radius 2 is 1.65 bits per heavy atom. The molecule has 0 fully saturated rings. The first-order valence-electron chi connectivity index (χ1n) is 5.92. The van der Waals surface area contributed by atoms with E-state index in [1.807, 2.05) is 12.1 Å². The van der Waals surface area contributed by atoms with E-state index in [-0.39, 0.29) is 4.90 Å². The second-order valence-electron chi connectivity index (χ2n) is 4.95. The first-order valence-corrected chi connectivity index (χ1v) is 7.47. The molecule has 0 aliphatic rings. The SMILES string of the molecule is CC(C)C(C)CCc1ccc(S(N)(=O)=O)cc1. The molecular weight excluding hydrogens is 234 g/mol. The number of sulfonamides is 1. The summed E-state index contributed by atoms with van der Waals surface area (Å²) in [6.07, 6.45) is 2.09. The molecule has 0 aromatic heterocycles. The molecule has 96 valence electrons. The zero-order valence-corrected chi connectivity index (χ0v) is 11.5. The summed E-state index contributed by atoms with van der Waals surface area (Å²) in [6.45, 7) is 6.67. The first kappa shape index (κ1) is 14.2. The van der Waals surface area contributed by atoms with Crippen molar-refractivity contribution in [3.8, 4) is 0 Å². The summed E-state index contributed by atoms with van der Waals surface area (Å²) in [5.74, 6) is 1.35. The predicted molar refractivity (Wildman–Crippen MR) is 70.1 cm³/mol. The average molecular weight is 255 g/mol. The van der Waals surface area contributed by atoms with Gasteiger partial charge in [0, 0.05) is 0 Å². The average Bonchev–Trinajstić information content (AvgIpc) is 2.25. The van der Waals surface area contributed by atoms with Gasteiger partial charge in [0.15, 0.2) is 0 Å². The normalized spacial score (nSPS) is 13.9. The van der Waals surface area contributed by atoms with Gasteiger partial charge < -0.3 is 0 Å². The largest absolute Gasteiger partial charge is 0.238 e. The van der Waals surface area contributed by atoms with Crippen LogP contribution in [0.15, 0.2) is 29.2 Å². The molecule has 0 spiro atoms. The Labute approximate surface area is 104 Å². The van der Waals surface area contributed by atoms with Crippen LogP contribution in [0.2, 0.25) is 0 Å². The zero-order chi connectivity index (χ0) is 13.1. The van der Waals surface area contributed by atoms with Gasteiger partial charge >= 0.3 is 0 Å². The Morgan fingerprint density at radius 1 is 1.12 bits per heavy atom. The highest BCUT2D eigenvalue weighted by atomic mass is 32.2. The molecule has 0 heterocycles. The molecule has 2 N–H and O–H groups in total. The summed E-state index contributed by atoms with van der Waals surface area (Å²) in [5.41, 5.74) is 1.16. The van der Waals surface area contributed by atoms with E-state index >= 15 is 0 Å². The van der Waals surface area contributed by atoms with Gasteiger partial charge in [0.25, 0.3) is 0 Å². The van der Waals surface area contributed by atoms with Crippen LogP contribution in [0, 0.1) is 11.8 Å². The standard InChI is InChI=1S/C13H21NO2S/c1-10(2)11(3)4-5-12-6-8-13(9-7-12)17(14,15)16/h6-11H,4-5H2,1-3H3,(H2,14,15,16). The third-order valence-electron chi connectivity index (χ3n) is 3.28. The van der Waals surface area contributed by atoms with Crippen LogP contribution in [0.1, 0.15) is 32.8 Å². The summed E-state index contributed by atoms with van der Waals surface area (Å²) in [7, 11) is -3.56. The number of hydrogen-bond donors (Lipinski definition) is 1. The first-order chi connectivity index (χ1) is 7.80. The molecule has 0 amide bonds. The number of rotatable bonds is 5. The van der Waals surface area contributed by atoms with Crippen molar-refractivity contribution in [3.63, 3.8) is 0 Å². The van der Waals surface area contributed by atoms with Crippen LogP contribution in [0.3, 0.4) is 0 Å². The van der Waals surface area contributed by atoms with Crippen molar-refractivity contribution in [2.45, 2.75) is 38.5 Å². The minimum atomic E-state index is -3.56. The minimum absolute atomic E-state index is 0.179. The third kappa shape index (κ3) is 4.48. The second-order valence-corrected chi connectivity index (χ2v) is 6.51. The van der Waals surface area contributed by atoms with E-state index < -0.39 is 10.0 Å². The lowest BCUT2D eigenvalue weighted by molar-refractivity contribution is 0.392. The van der Waals surface area contributed by atoms with E-state index in [1.54, 1.807) is 12.1 Å². The Bertz CT molecular complexity index is 449. The fourth-order valence-electron chi connectivity index (χ4n) is 1.57. The van der Waals surface area contributed by atoms with Crippen LogP contribution in [0.5, 0.6) is 0 Å². The van der Waals surface area contributed by atoms with E-state index in [4.69, 9.17) is 5.14 Å².